The summed E-state index contributed by atoms with van der Waals surface area (Å²) in [5.74, 6) is 0.346. The van der Waals surface area contributed by atoms with E-state index in [1.54, 1.807) is 18.2 Å². The van der Waals surface area contributed by atoms with Crippen molar-refractivity contribution in [3.8, 4) is 5.75 Å². The maximum atomic E-state index is 11.4. The topological polar surface area (TPSA) is 58.6 Å². The fraction of sp³-hybridized carbons (Fsp3) is 0.462. The molecule has 1 unspecified atom stereocenters. The Kier molecular flexibility index (Phi) is 5.95. The number of aliphatic hydroxyl groups is 1. The maximum Gasteiger partial charge on any atom is 0.258 e. The van der Waals surface area contributed by atoms with Gasteiger partial charge >= 0.3 is 0 Å². The summed E-state index contributed by atoms with van der Waals surface area (Å²) in [5, 5.41) is 12.5. The summed E-state index contributed by atoms with van der Waals surface area (Å²) < 4.78 is 5.32. The lowest BCUT2D eigenvalue weighted by molar-refractivity contribution is -0.123. The number of aryl methyl sites for hydroxylation is 1. The van der Waals surface area contributed by atoms with E-state index >= 15 is 0 Å². The van der Waals surface area contributed by atoms with Gasteiger partial charge in [0.25, 0.3) is 5.91 Å². The quantitative estimate of drug-likeness (QED) is 0.831. The zero-order valence-electron chi connectivity index (χ0n) is 10.6. The molecule has 18 heavy (non-hydrogen) atoms. The molecular formula is C13H18ClNO3. The summed E-state index contributed by atoms with van der Waals surface area (Å²) in [6.45, 7) is 3.90. The molecule has 0 saturated carbocycles. The first kappa shape index (κ1) is 14.8. The van der Waals surface area contributed by atoms with Crippen LogP contribution in [0.1, 0.15) is 18.9 Å². The third kappa shape index (κ3) is 4.94. The van der Waals surface area contributed by atoms with Gasteiger partial charge in [-0.25, -0.2) is 0 Å². The van der Waals surface area contributed by atoms with Crippen LogP contribution < -0.4 is 10.1 Å². The molecule has 0 aromatic heterocycles. The molecule has 0 heterocycles. The van der Waals surface area contributed by atoms with Gasteiger partial charge in [0, 0.05) is 11.6 Å². The predicted octanol–water partition coefficient (Wildman–Crippen LogP) is 1.91. The third-order valence-electron chi connectivity index (χ3n) is 2.51. The molecule has 5 heteroatoms. The van der Waals surface area contributed by atoms with E-state index in [9.17, 15) is 9.90 Å². The van der Waals surface area contributed by atoms with Crippen LogP contribution in [0.25, 0.3) is 0 Å². The fourth-order valence-corrected chi connectivity index (χ4v) is 1.40. The second-order valence-electron chi connectivity index (χ2n) is 4.07. The van der Waals surface area contributed by atoms with E-state index in [-0.39, 0.29) is 19.1 Å². The summed E-state index contributed by atoms with van der Waals surface area (Å²) >= 11 is 5.88. The number of halogens is 1. The smallest absolute Gasteiger partial charge is 0.258 e. The van der Waals surface area contributed by atoms with Gasteiger partial charge in [0.15, 0.2) is 6.61 Å². The molecular weight excluding hydrogens is 254 g/mol. The van der Waals surface area contributed by atoms with E-state index in [0.29, 0.717) is 17.2 Å². The van der Waals surface area contributed by atoms with Crippen molar-refractivity contribution in [2.75, 3.05) is 13.2 Å². The molecule has 4 nitrogen and oxygen atoms in total. The number of carbonyl (C=O) groups excluding carboxylic acids is 1. The second-order valence-corrected chi connectivity index (χ2v) is 4.47. The Balaban J connectivity index is 2.36. The zero-order chi connectivity index (χ0) is 13.5. The summed E-state index contributed by atoms with van der Waals surface area (Å²) in [4.78, 5) is 11.4. The van der Waals surface area contributed by atoms with Crippen LogP contribution in [0.2, 0.25) is 5.02 Å². The van der Waals surface area contributed by atoms with E-state index < -0.39 is 6.10 Å². The summed E-state index contributed by atoms with van der Waals surface area (Å²) in [6, 6.07) is 5.21. The molecule has 0 fully saturated rings. The summed E-state index contributed by atoms with van der Waals surface area (Å²) in [6.07, 6.45) is 0.101. The minimum atomic E-state index is -0.508. The molecule has 1 rings (SSSR count). The van der Waals surface area contributed by atoms with Gasteiger partial charge in [-0.15, -0.1) is 0 Å². The van der Waals surface area contributed by atoms with Crippen LogP contribution >= 0.6 is 11.6 Å². The number of ether oxygens (including phenoxy) is 1. The van der Waals surface area contributed by atoms with Crippen LogP contribution in [0.5, 0.6) is 5.75 Å². The van der Waals surface area contributed by atoms with Gasteiger partial charge in [0.1, 0.15) is 5.75 Å². The molecule has 1 amide bonds. The van der Waals surface area contributed by atoms with Gasteiger partial charge in [0.2, 0.25) is 0 Å². The van der Waals surface area contributed by atoms with E-state index in [1.165, 1.54) is 0 Å². The number of benzene rings is 1. The van der Waals surface area contributed by atoms with Crippen molar-refractivity contribution in [3.63, 3.8) is 0 Å². The van der Waals surface area contributed by atoms with Crippen molar-refractivity contribution in [3.05, 3.63) is 28.8 Å². The van der Waals surface area contributed by atoms with Crippen LogP contribution in [0.4, 0.5) is 0 Å². The Hall–Kier alpha value is -1.26. The van der Waals surface area contributed by atoms with Gasteiger partial charge in [-0.2, -0.15) is 0 Å². The number of nitrogens with one attached hydrogen (secondary N) is 1. The molecule has 1 aromatic rings. The molecule has 0 saturated heterocycles. The van der Waals surface area contributed by atoms with Crippen LogP contribution in [-0.4, -0.2) is 30.3 Å². The van der Waals surface area contributed by atoms with Crippen LogP contribution in [0.3, 0.4) is 0 Å². The molecule has 0 bridgehead atoms. The fourth-order valence-electron chi connectivity index (χ4n) is 1.28. The number of rotatable bonds is 6. The first-order valence-corrected chi connectivity index (χ1v) is 6.24. The predicted molar refractivity (Wildman–Crippen MR) is 71.0 cm³/mol. The van der Waals surface area contributed by atoms with Crippen molar-refractivity contribution in [2.24, 2.45) is 0 Å². The Morgan fingerprint density at radius 1 is 1.56 bits per heavy atom. The van der Waals surface area contributed by atoms with E-state index in [2.05, 4.69) is 5.32 Å². The number of aliphatic hydroxyl groups excluding tert-OH is 1. The van der Waals surface area contributed by atoms with Gasteiger partial charge in [-0.05, 0) is 37.1 Å². The molecule has 0 aliphatic carbocycles. The van der Waals surface area contributed by atoms with Gasteiger partial charge in [-0.1, -0.05) is 18.5 Å². The molecule has 0 aliphatic heterocycles. The SMILES string of the molecule is CCC(O)CNC(=O)COc1ccc(Cl)c(C)c1. The van der Waals surface area contributed by atoms with Crippen LogP contribution in [0, 0.1) is 6.92 Å². The zero-order valence-corrected chi connectivity index (χ0v) is 11.3. The minimum Gasteiger partial charge on any atom is -0.484 e. The average molecular weight is 272 g/mol. The first-order valence-electron chi connectivity index (χ1n) is 5.86. The lowest BCUT2D eigenvalue weighted by atomic mass is 10.2. The summed E-state index contributed by atoms with van der Waals surface area (Å²) in [5.41, 5.74) is 0.899. The molecule has 0 radical (unpaired) electrons. The van der Waals surface area contributed by atoms with Crippen molar-refractivity contribution in [1.29, 1.82) is 0 Å². The molecule has 0 aliphatic rings. The average Bonchev–Trinajstić information content (AvgIpc) is 2.37. The Morgan fingerprint density at radius 3 is 2.89 bits per heavy atom. The monoisotopic (exact) mass is 271 g/mol. The van der Waals surface area contributed by atoms with Crippen molar-refractivity contribution < 1.29 is 14.6 Å². The van der Waals surface area contributed by atoms with Gasteiger partial charge in [-0.3, -0.25) is 4.79 Å². The van der Waals surface area contributed by atoms with Crippen LogP contribution in [0.15, 0.2) is 18.2 Å². The number of hydrogen-bond acceptors (Lipinski definition) is 3. The molecule has 2 N–H and O–H groups in total. The van der Waals surface area contributed by atoms with Gasteiger partial charge < -0.3 is 15.2 Å². The first-order chi connectivity index (χ1) is 8.52. The highest BCUT2D eigenvalue weighted by Gasteiger charge is 2.06. The van der Waals surface area contributed by atoms with Gasteiger partial charge in [0.05, 0.1) is 6.10 Å². The highest BCUT2D eigenvalue weighted by atomic mass is 35.5. The lowest BCUT2D eigenvalue weighted by Crippen LogP contribution is -2.35. The van der Waals surface area contributed by atoms with E-state index in [1.807, 2.05) is 13.8 Å². The largest absolute Gasteiger partial charge is 0.484 e. The van der Waals surface area contributed by atoms with Crippen molar-refractivity contribution in [2.45, 2.75) is 26.4 Å². The second kappa shape index (κ2) is 7.24. The van der Waals surface area contributed by atoms with Crippen LogP contribution in [-0.2, 0) is 4.79 Å². The maximum absolute atomic E-state index is 11.4. The standard InChI is InChI=1S/C13H18ClNO3/c1-3-10(16)7-15-13(17)8-18-11-4-5-12(14)9(2)6-11/h4-6,10,16H,3,7-8H2,1-2H3,(H,15,17). The highest BCUT2D eigenvalue weighted by Crippen LogP contribution is 2.20. The third-order valence-corrected chi connectivity index (χ3v) is 2.93. The van der Waals surface area contributed by atoms with E-state index in [4.69, 9.17) is 16.3 Å². The molecule has 0 spiro atoms. The molecule has 1 atom stereocenters. The Bertz CT molecular complexity index is 409. The highest BCUT2D eigenvalue weighted by molar-refractivity contribution is 6.31. The normalized spacial score (nSPS) is 12.0. The number of carbonyl (C=O) groups is 1. The molecule has 1 aromatic carbocycles. The van der Waals surface area contributed by atoms with Crippen molar-refractivity contribution >= 4 is 17.5 Å². The summed E-state index contributed by atoms with van der Waals surface area (Å²) in [7, 11) is 0. The minimum absolute atomic E-state index is 0.0719. The Morgan fingerprint density at radius 2 is 2.28 bits per heavy atom. The Labute approximate surface area is 112 Å². The van der Waals surface area contributed by atoms with Crippen molar-refractivity contribution in [1.82, 2.24) is 5.32 Å². The van der Waals surface area contributed by atoms with E-state index in [0.717, 1.165) is 5.56 Å². The number of hydrogen-bond donors (Lipinski definition) is 2. The molecule has 100 valence electrons. The number of amides is 1. The lowest BCUT2D eigenvalue weighted by Gasteiger charge is -2.10.